The van der Waals surface area contributed by atoms with Gasteiger partial charge in [-0.15, -0.1) is 0 Å². The van der Waals surface area contributed by atoms with Crippen molar-refractivity contribution < 1.29 is 13.2 Å². The number of carbonyl (C=O) groups is 1. The fraction of sp³-hybridized carbons (Fsp3) is 0.786. The lowest BCUT2D eigenvalue weighted by molar-refractivity contribution is -0.122. The lowest BCUT2D eigenvalue weighted by Gasteiger charge is -2.29. The first-order chi connectivity index (χ1) is 8.40. The third-order valence-electron chi connectivity index (χ3n) is 4.34. The van der Waals surface area contributed by atoms with E-state index in [1.54, 1.807) is 12.2 Å². The first kappa shape index (κ1) is 13.8. The maximum atomic E-state index is 12.5. The highest BCUT2D eigenvalue weighted by Crippen LogP contribution is 2.40. The van der Waals surface area contributed by atoms with Crippen molar-refractivity contribution in [3.63, 3.8) is 0 Å². The number of carbonyl (C=O) groups excluding carboxylic acids is 1. The van der Waals surface area contributed by atoms with Crippen LogP contribution in [0.25, 0.3) is 0 Å². The highest BCUT2D eigenvalue weighted by atomic mass is 32.2. The van der Waals surface area contributed by atoms with Crippen LogP contribution in [0.15, 0.2) is 12.2 Å². The molecule has 2 rings (SSSR count). The van der Waals surface area contributed by atoms with Crippen LogP contribution in [0.2, 0.25) is 0 Å². The number of hydrogen-bond donors (Lipinski definition) is 0. The van der Waals surface area contributed by atoms with Crippen molar-refractivity contribution in [2.75, 3.05) is 0 Å². The van der Waals surface area contributed by atoms with Gasteiger partial charge in [-0.05, 0) is 39.0 Å². The van der Waals surface area contributed by atoms with Gasteiger partial charge in [0.15, 0.2) is 9.84 Å². The van der Waals surface area contributed by atoms with Crippen molar-refractivity contribution >= 4 is 15.6 Å². The minimum atomic E-state index is -3.08. The molecule has 2 aliphatic rings. The Morgan fingerprint density at radius 3 is 2.56 bits per heavy atom. The van der Waals surface area contributed by atoms with Gasteiger partial charge in [0.25, 0.3) is 0 Å². The second kappa shape index (κ2) is 4.80. The predicted molar refractivity (Wildman–Crippen MR) is 72.1 cm³/mol. The molecule has 0 radical (unpaired) electrons. The molecule has 2 aliphatic carbocycles. The van der Waals surface area contributed by atoms with E-state index in [9.17, 15) is 13.2 Å². The summed E-state index contributed by atoms with van der Waals surface area (Å²) in [6.07, 6.45) is 7.62. The zero-order chi connectivity index (χ0) is 13.4. The average molecular weight is 270 g/mol. The van der Waals surface area contributed by atoms with Crippen molar-refractivity contribution in [3.05, 3.63) is 12.2 Å². The molecule has 0 amide bonds. The fourth-order valence-corrected chi connectivity index (χ4v) is 4.93. The van der Waals surface area contributed by atoms with Crippen molar-refractivity contribution in [2.45, 2.75) is 62.4 Å². The van der Waals surface area contributed by atoms with Crippen molar-refractivity contribution in [1.82, 2.24) is 0 Å². The Morgan fingerprint density at radius 1 is 1.33 bits per heavy atom. The summed E-state index contributed by atoms with van der Waals surface area (Å²) in [7, 11) is -3.08. The van der Waals surface area contributed by atoms with E-state index in [1.165, 1.54) is 0 Å². The second-order valence-corrected chi connectivity index (χ2v) is 8.46. The molecule has 0 aliphatic heterocycles. The fourth-order valence-electron chi connectivity index (χ4n) is 2.72. The molecule has 4 heteroatoms. The zero-order valence-corrected chi connectivity index (χ0v) is 12.0. The summed E-state index contributed by atoms with van der Waals surface area (Å²) in [6.45, 7) is 3.82. The van der Waals surface area contributed by atoms with Crippen LogP contribution in [-0.4, -0.2) is 24.2 Å². The molecule has 0 aromatic carbocycles. The normalized spacial score (nSPS) is 34.1. The maximum absolute atomic E-state index is 12.5. The molecule has 3 nitrogen and oxygen atoms in total. The van der Waals surface area contributed by atoms with Gasteiger partial charge in [-0.1, -0.05) is 19.1 Å². The summed E-state index contributed by atoms with van der Waals surface area (Å²) < 4.78 is 24.2. The molecule has 0 N–H and O–H groups in total. The lowest BCUT2D eigenvalue weighted by Crippen LogP contribution is -2.37. The first-order valence-electron chi connectivity index (χ1n) is 6.84. The Balaban J connectivity index is 2.25. The minimum Gasteiger partial charge on any atom is -0.299 e. The van der Waals surface area contributed by atoms with Gasteiger partial charge in [0.2, 0.25) is 0 Å². The van der Waals surface area contributed by atoms with Crippen LogP contribution in [0.4, 0.5) is 0 Å². The predicted octanol–water partition coefficient (Wildman–Crippen LogP) is 2.66. The van der Waals surface area contributed by atoms with E-state index in [0.29, 0.717) is 19.3 Å². The molecule has 0 spiro atoms. The monoisotopic (exact) mass is 270 g/mol. The average Bonchev–Trinajstić information content (AvgIpc) is 3.11. The zero-order valence-electron chi connectivity index (χ0n) is 11.2. The first-order valence-corrected chi connectivity index (χ1v) is 8.39. The molecule has 0 heterocycles. The highest BCUT2D eigenvalue weighted by molar-refractivity contribution is 7.93. The van der Waals surface area contributed by atoms with E-state index in [4.69, 9.17) is 0 Å². The second-order valence-electron chi connectivity index (χ2n) is 5.77. The number of hydrogen-bond acceptors (Lipinski definition) is 3. The Hall–Kier alpha value is -0.640. The molecule has 102 valence electrons. The number of allylic oxidation sites excluding steroid dienone is 1. The van der Waals surface area contributed by atoms with E-state index in [-0.39, 0.29) is 17.0 Å². The van der Waals surface area contributed by atoms with Crippen LogP contribution in [0.5, 0.6) is 0 Å². The van der Waals surface area contributed by atoms with Crippen LogP contribution in [0.1, 0.15) is 52.4 Å². The quantitative estimate of drug-likeness (QED) is 0.741. The van der Waals surface area contributed by atoms with E-state index in [1.807, 2.05) is 13.8 Å². The van der Waals surface area contributed by atoms with Gasteiger partial charge in [-0.2, -0.15) is 0 Å². The molecule has 0 aromatic rings. The van der Waals surface area contributed by atoms with Crippen molar-refractivity contribution in [1.29, 1.82) is 0 Å². The van der Waals surface area contributed by atoms with Gasteiger partial charge in [0, 0.05) is 12.3 Å². The van der Waals surface area contributed by atoms with Crippen molar-refractivity contribution in [3.8, 4) is 0 Å². The van der Waals surface area contributed by atoms with E-state index < -0.39 is 14.6 Å². The Kier molecular flexibility index (Phi) is 3.67. The molecule has 1 fully saturated rings. The number of Topliss-reactive ketones (excluding diaryl/α,β-unsaturated/α-hetero) is 1. The van der Waals surface area contributed by atoms with Crippen LogP contribution >= 0.6 is 0 Å². The van der Waals surface area contributed by atoms with Gasteiger partial charge in [0.1, 0.15) is 5.78 Å². The van der Waals surface area contributed by atoms with Crippen LogP contribution < -0.4 is 0 Å². The number of sulfone groups is 1. The van der Waals surface area contributed by atoms with E-state index >= 15 is 0 Å². The van der Waals surface area contributed by atoms with Gasteiger partial charge in [-0.3, -0.25) is 4.79 Å². The molecule has 2 unspecified atom stereocenters. The summed E-state index contributed by atoms with van der Waals surface area (Å²) in [6, 6.07) is 0. The minimum absolute atomic E-state index is 0.0312. The van der Waals surface area contributed by atoms with Crippen LogP contribution in [-0.2, 0) is 14.6 Å². The summed E-state index contributed by atoms with van der Waals surface area (Å²) >= 11 is 0. The van der Waals surface area contributed by atoms with E-state index in [0.717, 1.165) is 19.3 Å². The van der Waals surface area contributed by atoms with Gasteiger partial charge in [-0.25, -0.2) is 8.42 Å². The molecular formula is C14H22O3S. The molecule has 2 atom stereocenters. The SMILES string of the molecule is CCC1CCC(C)(S(=O)(=O)C2CC2)C=CCC1=O. The van der Waals surface area contributed by atoms with Crippen LogP contribution in [0.3, 0.4) is 0 Å². The van der Waals surface area contributed by atoms with Gasteiger partial charge >= 0.3 is 0 Å². The third kappa shape index (κ3) is 2.40. The summed E-state index contributed by atoms with van der Waals surface area (Å²) in [5.74, 6) is 0.281. The Bertz CT molecular complexity index is 459. The van der Waals surface area contributed by atoms with Gasteiger partial charge < -0.3 is 0 Å². The topological polar surface area (TPSA) is 51.2 Å². The standard InChI is InChI=1S/C14H22O3S/c1-3-11-8-10-14(2,9-4-5-13(11)15)18(16,17)12-6-7-12/h4,9,11-12H,3,5-8,10H2,1-2H3. The molecule has 0 aromatic heterocycles. The highest BCUT2D eigenvalue weighted by Gasteiger charge is 2.47. The molecule has 1 saturated carbocycles. The molecule has 18 heavy (non-hydrogen) atoms. The van der Waals surface area contributed by atoms with E-state index in [2.05, 4.69) is 0 Å². The largest absolute Gasteiger partial charge is 0.299 e. The molecule has 0 saturated heterocycles. The number of rotatable bonds is 3. The Morgan fingerprint density at radius 2 is 2.00 bits per heavy atom. The summed E-state index contributed by atoms with van der Waals surface area (Å²) in [5.41, 5.74) is 0. The van der Waals surface area contributed by atoms with Gasteiger partial charge in [0.05, 0.1) is 10.00 Å². The molecule has 0 bridgehead atoms. The van der Waals surface area contributed by atoms with Crippen LogP contribution in [0, 0.1) is 5.92 Å². The van der Waals surface area contributed by atoms with Crippen molar-refractivity contribution in [2.24, 2.45) is 5.92 Å². The summed E-state index contributed by atoms with van der Waals surface area (Å²) in [4.78, 5) is 11.8. The Labute approximate surface area is 110 Å². The smallest absolute Gasteiger partial charge is 0.162 e. The summed E-state index contributed by atoms with van der Waals surface area (Å²) in [5, 5.41) is -0.137. The number of ketones is 1. The lowest BCUT2D eigenvalue weighted by atomic mass is 9.87. The third-order valence-corrected chi connectivity index (χ3v) is 7.33. The maximum Gasteiger partial charge on any atom is 0.162 e. The molecular weight excluding hydrogens is 248 g/mol.